The number of alkyl halides is 6. The van der Waals surface area contributed by atoms with E-state index in [1.54, 1.807) is 4.90 Å². The van der Waals surface area contributed by atoms with Gasteiger partial charge >= 0.3 is 24.3 Å². The van der Waals surface area contributed by atoms with Gasteiger partial charge in [0.25, 0.3) is 0 Å². The van der Waals surface area contributed by atoms with Crippen molar-refractivity contribution in [1.82, 2.24) is 9.80 Å². The van der Waals surface area contributed by atoms with Crippen LogP contribution in [0.1, 0.15) is 24.0 Å². The van der Waals surface area contributed by atoms with Gasteiger partial charge in [0.1, 0.15) is 0 Å². The summed E-state index contributed by atoms with van der Waals surface area (Å²) in [6, 6.07) is 6.53. The van der Waals surface area contributed by atoms with Crippen LogP contribution in [0, 0.1) is 5.92 Å². The minimum Gasteiger partial charge on any atom is -0.475 e. The lowest BCUT2D eigenvalue weighted by Crippen LogP contribution is -2.48. The Hall–Kier alpha value is -3.07. The largest absolute Gasteiger partial charge is 0.490 e. The van der Waals surface area contributed by atoms with Crippen LogP contribution in [0.4, 0.5) is 32.0 Å². The summed E-state index contributed by atoms with van der Waals surface area (Å²) >= 11 is 0. The molecule has 0 aromatic heterocycles. The average Bonchev–Trinajstić information content (AvgIpc) is 2.80. The van der Waals surface area contributed by atoms with E-state index in [2.05, 4.69) is 35.0 Å². The summed E-state index contributed by atoms with van der Waals surface area (Å²) < 4.78 is 63.5. The summed E-state index contributed by atoms with van der Waals surface area (Å²) in [6.07, 6.45) is -7.72. The van der Waals surface area contributed by atoms with Crippen molar-refractivity contribution in [3.8, 4) is 0 Å². The molecule has 2 atom stereocenters. The maximum atomic E-state index is 12.7. The number of aliphatic carboxylic acids is 2. The molecule has 2 aliphatic heterocycles. The summed E-state index contributed by atoms with van der Waals surface area (Å²) in [5.74, 6) is -5.78. The zero-order valence-corrected chi connectivity index (χ0v) is 21.0. The Kier molecular flexibility index (Phi) is 11.8. The van der Waals surface area contributed by atoms with Crippen LogP contribution < -0.4 is 4.90 Å². The minimum absolute atomic E-state index is 0.0453. The van der Waals surface area contributed by atoms with Gasteiger partial charge in [0.2, 0.25) is 5.91 Å². The number of benzene rings is 1. The van der Waals surface area contributed by atoms with Crippen LogP contribution in [0.5, 0.6) is 0 Å². The summed E-state index contributed by atoms with van der Waals surface area (Å²) in [7, 11) is 5.98. The zero-order chi connectivity index (χ0) is 29.4. The highest BCUT2D eigenvalue weighted by molar-refractivity contribution is 5.79. The third kappa shape index (κ3) is 10.4. The molecule has 15 heteroatoms. The van der Waals surface area contributed by atoms with E-state index in [-0.39, 0.29) is 11.8 Å². The smallest absolute Gasteiger partial charge is 0.475 e. The van der Waals surface area contributed by atoms with Crippen molar-refractivity contribution in [2.75, 3.05) is 45.7 Å². The fourth-order valence-corrected chi connectivity index (χ4v) is 3.92. The standard InChI is InChI=1S/C19H29N3O2.2C2HF3O2/c1-20-10-8-18(23)16(13-20)19(24)22(3)12-14-6-7-17-15(11-14)5-4-9-21(17)2;2*3-2(4,5)1(6)7/h6-7,11,16,18,23H,4-5,8-10,12-13H2,1-3H3;2*(H,6,7)/t16-,18-;;/m1../s1. The predicted molar refractivity (Wildman–Crippen MR) is 123 cm³/mol. The molecule has 0 saturated carbocycles. The van der Waals surface area contributed by atoms with Gasteiger partial charge in [-0.2, -0.15) is 26.3 Å². The number of hydrogen-bond acceptors (Lipinski definition) is 6. The quantitative estimate of drug-likeness (QED) is 0.484. The summed E-state index contributed by atoms with van der Waals surface area (Å²) in [4.78, 5) is 36.7. The molecule has 0 radical (unpaired) electrons. The van der Waals surface area contributed by atoms with Gasteiger partial charge in [-0.1, -0.05) is 12.1 Å². The SMILES string of the molecule is CN1CC[C@@H](O)[C@H](C(=O)N(C)Cc2ccc3c(c2)CCCN3C)C1.O=C(O)C(F)(F)F.O=C(O)C(F)(F)F. The second-order valence-electron chi connectivity index (χ2n) is 9.01. The van der Waals surface area contributed by atoms with E-state index in [9.17, 15) is 36.2 Å². The number of nitrogens with zero attached hydrogens (tertiary/aromatic N) is 3. The van der Waals surface area contributed by atoms with Gasteiger partial charge in [0.15, 0.2) is 0 Å². The lowest BCUT2D eigenvalue weighted by atomic mass is 9.93. The molecule has 1 aromatic carbocycles. The van der Waals surface area contributed by atoms with Gasteiger partial charge in [-0.05, 0) is 43.5 Å². The number of piperidine rings is 1. The Morgan fingerprint density at radius 1 is 1.00 bits per heavy atom. The maximum Gasteiger partial charge on any atom is 0.490 e. The van der Waals surface area contributed by atoms with Crippen molar-refractivity contribution in [2.45, 2.75) is 44.3 Å². The number of anilines is 1. The highest BCUT2D eigenvalue weighted by atomic mass is 19.4. The zero-order valence-electron chi connectivity index (χ0n) is 21.0. The first-order valence-electron chi connectivity index (χ1n) is 11.4. The number of likely N-dealkylation sites (tertiary alicyclic amines) is 1. The van der Waals surface area contributed by atoms with Gasteiger partial charge in [-0.3, -0.25) is 4.79 Å². The Bertz CT molecular complexity index is 948. The minimum atomic E-state index is -5.08. The van der Waals surface area contributed by atoms with E-state index in [1.165, 1.54) is 23.2 Å². The molecule has 2 aliphatic rings. The van der Waals surface area contributed by atoms with Gasteiger partial charge in [0, 0.05) is 46.0 Å². The third-order valence-electron chi connectivity index (χ3n) is 5.87. The molecule has 1 fully saturated rings. The monoisotopic (exact) mass is 559 g/mol. The second kappa shape index (κ2) is 13.6. The van der Waals surface area contributed by atoms with Crippen molar-refractivity contribution >= 4 is 23.5 Å². The molecule has 38 heavy (non-hydrogen) atoms. The van der Waals surface area contributed by atoms with E-state index in [0.29, 0.717) is 19.5 Å². The van der Waals surface area contributed by atoms with Gasteiger partial charge in [-0.25, -0.2) is 9.59 Å². The van der Waals surface area contributed by atoms with Crippen LogP contribution in [0.2, 0.25) is 0 Å². The van der Waals surface area contributed by atoms with E-state index >= 15 is 0 Å². The Morgan fingerprint density at radius 3 is 2.03 bits per heavy atom. The fourth-order valence-electron chi connectivity index (χ4n) is 3.92. The number of carbonyl (C=O) groups excluding carboxylic acids is 1. The number of aliphatic hydroxyl groups is 1. The van der Waals surface area contributed by atoms with E-state index in [4.69, 9.17) is 19.8 Å². The van der Waals surface area contributed by atoms with Gasteiger partial charge in [0.05, 0.1) is 12.0 Å². The third-order valence-corrected chi connectivity index (χ3v) is 5.87. The number of fused-ring (bicyclic) bond motifs is 1. The van der Waals surface area contributed by atoms with E-state index in [1.807, 2.05) is 14.1 Å². The average molecular weight is 560 g/mol. The molecule has 3 N–H and O–H groups in total. The number of rotatable bonds is 3. The molecule has 0 bridgehead atoms. The summed E-state index contributed by atoms with van der Waals surface area (Å²) in [5, 5.41) is 24.4. The number of hydrogen-bond donors (Lipinski definition) is 3. The van der Waals surface area contributed by atoms with E-state index < -0.39 is 30.4 Å². The van der Waals surface area contributed by atoms with Gasteiger partial charge in [-0.15, -0.1) is 0 Å². The van der Waals surface area contributed by atoms with Crippen molar-refractivity contribution in [3.63, 3.8) is 0 Å². The maximum absolute atomic E-state index is 12.7. The van der Waals surface area contributed by atoms with Crippen molar-refractivity contribution < 1.29 is 56.0 Å². The molecule has 0 aliphatic carbocycles. The number of carboxylic acid groups (broad SMARTS) is 2. The number of carbonyl (C=O) groups is 3. The van der Waals surface area contributed by atoms with Crippen molar-refractivity contribution in [2.24, 2.45) is 5.92 Å². The van der Waals surface area contributed by atoms with Crippen LogP contribution in [-0.2, 0) is 27.3 Å². The van der Waals surface area contributed by atoms with Gasteiger partial charge < -0.3 is 30.0 Å². The number of carboxylic acids is 2. The number of amides is 1. The van der Waals surface area contributed by atoms with Crippen LogP contribution in [0.3, 0.4) is 0 Å². The van der Waals surface area contributed by atoms with E-state index in [0.717, 1.165) is 19.5 Å². The first kappa shape index (κ1) is 33.0. The molecule has 0 spiro atoms. The summed E-state index contributed by atoms with van der Waals surface area (Å²) in [5.41, 5.74) is 3.85. The fraction of sp³-hybridized carbons (Fsp3) is 0.609. The molecule has 216 valence electrons. The first-order valence-corrected chi connectivity index (χ1v) is 11.4. The Morgan fingerprint density at radius 2 is 1.53 bits per heavy atom. The lowest BCUT2D eigenvalue weighted by molar-refractivity contribution is -0.193. The second-order valence-corrected chi connectivity index (χ2v) is 9.01. The molecule has 1 amide bonds. The Labute approximate surface area is 215 Å². The highest BCUT2D eigenvalue weighted by Gasteiger charge is 2.39. The van der Waals surface area contributed by atoms with Crippen LogP contribution in [0.15, 0.2) is 18.2 Å². The molecule has 9 nitrogen and oxygen atoms in total. The molecule has 1 saturated heterocycles. The predicted octanol–water partition coefficient (Wildman–Crippen LogP) is 2.61. The Balaban J connectivity index is 0.000000426. The molecular formula is C23H31F6N3O6. The van der Waals surface area contributed by atoms with Crippen LogP contribution >= 0.6 is 0 Å². The summed E-state index contributed by atoms with van der Waals surface area (Å²) in [6.45, 7) is 3.20. The number of halogens is 6. The molecule has 3 rings (SSSR count). The van der Waals surface area contributed by atoms with Crippen molar-refractivity contribution in [3.05, 3.63) is 29.3 Å². The molecular weight excluding hydrogens is 528 g/mol. The molecule has 2 heterocycles. The normalized spacial score (nSPS) is 19.7. The lowest BCUT2D eigenvalue weighted by Gasteiger charge is -2.35. The van der Waals surface area contributed by atoms with Crippen molar-refractivity contribution in [1.29, 1.82) is 0 Å². The number of aryl methyl sites for hydroxylation is 1. The first-order chi connectivity index (χ1) is 17.3. The van der Waals surface area contributed by atoms with Crippen LogP contribution in [0.25, 0.3) is 0 Å². The molecule has 1 aromatic rings. The topological polar surface area (TPSA) is 122 Å². The van der Waals surface area contributed by atoms with Crippen LogP contribution in [-0.4, -0.2) is 102 Å². The highest BCUT2D eigenvalue weighted by Crippen LogP contribution is 2.27. The molecule has 0 unspecified atom stereocenters. The number of aliphatic hydroxyl groups excluding tert-OH is 1.